The monoisotopic (exact) mass is 276 g/mol. The van der Waals surface area contributed by atoms with Gasteiger partial charge in [-0.25, -0.2) is 4.98 Å². The highest BCUT2D eigenvalue weighted by molar-refractivity contribution is 5.81. The maximum Gasteiger partial charge on any atom is 0.141 e. The number of rotatable bonds is 3. The maximum absolute atomic E-state index is 8.88. The van der Waals surface area contributed by atoms with E-state index in [9.17, 15) is 0 Å². The van der Waals surface area contributed by atoms with E-state index in [1.54, 1.807) is 0 Å². The zero-order valence-electron chi connectivity index (χ0n) is 11.9. The number of aryl methyl sites for hydroxylation is 2. The number of nitriles is 1. The van der Waals surface area contributed by atoms with Crippen LogP contribution in [0.1, 0.15) is 12.0 Å². The molecule has 0 bridgehead atoms. The summed E-state index contributed by atoms with van der Waals surface area (Å²) in [5.74, 6) is 0.859. The van der Waals surface area contributed by atoms with Gasteiger partial charge in [-0.3, -0.25) is 0 Å². The van der Waals surface area contributed by atoms with Crippen LogP contribution in [0.5, 0.6) is 0 Å². The number of nitrogens with two attached hydrogens (primary N) is 1. The normalized spacial score (nSPS) is 10.7. The van der Waals surface area contributed by atoms with Gasteiger partial charge in [0.2, 0.25) is 0 Å². The molecular formula is C17H16N4. The van der Waals surface area contributed by atoms with Crippen molar-refractivity contribution in [3.63, 3.8) is 0 Å². The van der Waals surface area contributed by atoms with E-state index in [1.165, 1.54) is 0 Å². The van der Waals surface area contributed by atoms with Crippen LogP contribution in [0.25, 0.3) is 22.4 Å². The SMILES string of the molecule is Cc1ccc(-c2nc3ccccc3n2CCC#N)cc1N. The number of benzene rings is 2. The van der Waals surface area contributed by atoms with Crippen LogP contribution >= 0.6 is 0 Å². The molecule has 104 valence electrons. The van der Waals surface area contributed by atoms with E-state index in [1.807, 2.05) is 49.4 Å². The first-order chi connectivity index (χ1) is 10.2. The van der Waals surface area contributed by atoms with Gasteiger partial charge in [-0.15, -0.1) is 0 Å². The van der Waals surface area contributed by atoms with E-state index in [0.717, 1.165) is 33.7 Å². The molecule has 0 atom stereocenters. The average Bonchev–Trinajstić information content (AvgIpc) is 2.86. The van der Waals surface area contributed by atoms with Crippen molar-refractivity contribution >= 4 is 16.7 Å². The summed E-state index contributed by atoms with van der Waals surface area (Å²) in [4.78, 5) is 4.70. The molecule has 0 aliphatic rings. The van der Waals surface area contributed by atoms with Gasteiger partial charge >= 0.3 is 0 Å². The molecule has 4 heteroatoms. The summed E-state index contributed by atoms with van der Waals surface area (Å²) < 4.78 is 2.09. The summed E-state index contributed by atoms with van der Waals surface area (Å²) in [5, 5.41) is 8.88. The summed E-state index contributed by atoms with van der Waals surface area (Å²) in [5.41, 5.74) is 10.8. The molecule has 0 fully saturated rings. The fraction of sp³-hybridized carbons (Fsp3) is 0.176. The van der Waals surface area contributed by atoms with Crippen LogP contribution in [0.3, 0.4) is 0 Å². The first kappa shape index (κ1) is 13.2. The number of aromatic nitrogens is 2. The van der Waals surface area contributed by atoms with Crippen LogP contribution in [-0.4, -0.2) is 9.55 Å². The molecule has 4 nitrogen and oxygen atoms in total. The number of hydrogen-bond donors (Lipinski definition) is 1. The van der Waals surface area contributed by atoms with Crippen LogP contribution in [0.4, 0.5) is 5.69 Å². The van der Waals surface area contributed by atoms with E-state index in [4.69, 9.17) is 16.0 Å². The number of fused-ring (bicyclic) bond motifs is 1. The molecule has 3 rings (SSSR count). The molecule has 0 unspecified atom stereocenters. The minimum Gasteiger partial charge on any atom is -0.398 e. The molecule has 0 spiro atoms. The summed E-state index contributed by atoms with van der Waals surface area (Å²) in [6.07, 6.45) is 0.453. The average molecular weight is 276 g/mol. The van der Waals surface area contributed by atoms with Crippen LogP contribution in [0.2, 0.25) is 0 Å². The molecule has 0 radical (unpaired) electrons. The van der Waals surface area contributed by atoms with Crippen LogP contribution in [0, 0.1) is 18.3 Å². The summed E-state index contributed by atoms with van der Waals surface area (Å²) in [7, 11) is 0. The van der Waals surface area contributed by atoms with Crippen molar-refractivity contribution in [3.8, 4) is 17.5 Å². The number of nitrogen functional groups attached to an aromatic ring is 1. The smallest absolute Gasteiger partial charge is 0.141 e. The predicted octanol–water partition coefficient (Wildman–Crippen LogP) is 3.51. The largest absolute Gasteiger partial charge is 0.398 e. The van der Waals surface area contributed by atoms with Gasteiger partial charge in [0.15, 0.2) is 0 Å². The highest BCUT2D eigenvalue weighted by Gasteiger charge is 2.12. The zero-order valence-corrected chi connectivity index (χ0v) is 11.9. The Labute approximate surface area is 123 Å². The molecule has 1 aromatic heterocycles. The van der Waals surface area contributed by atoms with E-state index in [0.29, 0.717) is 13.0 Å². The lowest BCUT2D eigenvalue weighted by Gasteiger charge is -2.08. The van der Waals surface area contributed by atoms with Gasteiger partial charge in [-0.1, -0.05) is 24.3 Å². The molecule has 0 aliphatic heterocycles. The summed E-state index contributed by atoms with van der Waals surface area (Å²) in [6, 6.07) is 16.1. The number of imidazole rings is 1. The topological polar surface area (TPSA) is 67.6 Å². The molecule has 2 N–H and O–H groups in total. The van der Waals surface area contributed by atoms with Crippen molar-refractivity contribution in [2.75, 3.05) is 5.73 Å². The van der Waals surface area contributed by atoms with Gasteiger partial charge in [0.25, 0.3) is 0 Å². The lowest BCUT2D eigenvalue weighted by molar-refractivity contribution is 0.744. The van der Waals surface area contributed by atoms with Crippen molar-refractivity contribution in [2.24, 2.45) is 0 Å². The zero-order chi connectivity index (χ0) is 14.8. The number of nitrogens with zero attached hydrogens (tertiary/aromatic N) is 3. The van der Waals surface area contributed by atoms with E-state index < -0.39 is 0 Å². The minimum absolute atomic E-state index is 0.453. The standard InChI is InChI=1S/C17H16N4/c1-12-7-8-13(11-14(12)19)17-20-15-5-2-3-6-16(15)21(17)10-4-9-18/h2-3,5-8,11H,4,10,19H2,1H3. The van der Waals surface area contributed by atoms with Gasteiger partial charge in [0.1, 0.15) is 5.82 Å². The van der Waals surface area contributed by atoms with Crippen molar-refractivity contribution < 1.29 is 0 Å². The Kier molecular flexibility index (Phi) is 3.33. The van der Waals surface area contributed by atoms with Crippen molar-refractivity contribution in [1.29, 1.82) is 5.26 Å². The first-order valence-electron chi connectivity index (χ1n) is 6.89. The molecular weight excluding hydrogens is 260 g/mol. The fourth-order valence-electron chi connectivity index (χ4n) is 2.46. The molecule has 0 saturated carbocycles. The molecule has 0 amide bonds. The van der Waals surface area contributed by atoms with E-state index in [-0.39, 0.29) is 0 Å². The fourth-order valence-corrected chi connectivity index (χ4v) is 2.46. The number of para-hydroxylation sites is 2. The van der Waals surface area contributed by atoms with Gasteiger partial charge in [0.05, 0.1) is 23.5 Å². The van der Waals surface area contributed by atoms with Crippen molar-refractivity contribution in [2.45, 2.75) is 19.9 Å². The summed E-state index contributed by atoms with van der Waals surface area (Å²) >= 11 is 0. The van der Waals surface area contributed by atoms with Gasteiger partial charge in [0, 0.05) is 17.8 Å². The molecule has 0 saturated heterocycles. The quantitative estimate of drug-likeness (QED) is 0.744. The molecule has 3 aromatic rings. The van der Waals surface area contributed by atoms with Crippen LogP contribution < -0.4 is 5.73 Å². The van der Waals surface area contributed by atoms with Crippen molar-refractivity contribution in [1.82, 2.24) is 9.55 Å². The highest BCUT2D eigenvalue weighted by atomic mass is 15.1. The Hall–Kier alpha value is -2.80. The maximum atomic E-state index is 8.88. The number of hydrogen-bond acceptors (Lipinski definition) is 3. The third-order valence-corrected chi connectivity index (χ3v) is 3.64. The van der Waals surface area contributed by atoms with Gasteiger partial charge in [-0.2, -0.15) is 5.26 Å². The second kappa shape index (κ2) is 5.29. The Morgan fingerprint density at radius 3 is 2.81 bits per heavy atom. The molecule has 1 heterocycles. The van der Waals surface area contributed by atoms with Crippen LogP contribution in [0.15, 0.2) is 42.5 Å². The van der Waals surface area contributed by atoms with Crippen LogP contribution in [-0.2, 0) is 6.54 Å². The van der Waals surface area contributed by atoms with E-state index in [2.05, 4.69) is 10.6 Å². The second-order valence-corrected chi connectivity index (χ2v) is 5.06. The van der Waals surface area contributed by atoms with Gasteiger partial charge in [-0.05, 0) is 30.7 Å². The Morgan fingerprint density at radius 1 is 1.24 bits per heavy atom. The Bertz CT molecular complexity index is 840. The minimum atomic E-state index is 0.453. The molecule has 0 aliphatic carbocycles. The second-order valence-electron chi connectivity index (χ2n) is 5.06. The Balaban J connectivity index is 2.20. The number of anilines is 1. The third-order valence-electron chi connectivity index (χ3n) is 3.64. The molecule has 2 aromatic carbocycles. The summed E-state index contributed by atoms with van der Waals surface area (Å²) in [6.45, 7) is 2.61. The Morgan fingerprint density at radius 2 is 2.05 bits per heavy atom. The van der Waals surface area contributed by atoms with Gasteiger partial charge < -0.3 is 10.3 Å². The highest BCUT2D eigenvalue weighted by Crippen LogP contribution is 2.27. The van der Waals surface area contributed by atoms with Crippen molar-refractivity contribution in [3.05, 3.63) is 48.0 Å². The molecule has 21 heavy (non-hydrogen) atoms. The third kappa shape index (κ3) is 2.34. The lowest BCUT2D eigenvalue weighted by Crippen LogP contribution is -2.01. The predicted molar refractivity (Wildman–Crippen MR) is 84.5 cm³/mol. The van der Waals surface area contributed by atoms with E-state index >= 15 is 0 Å². The first-order valence-corrected chi connectivity index (χ1v) is 6.89. The lowest BCUT2D eigenvalue weighted by atomic mass is 10.1.